The Bertz CT molecular complexity index is 185. The largest absolute Gasteiger partial charge is 0.379 e. The lowest BCUT2D eigenvalue weighted by atomic mass is 10.2. The number of hydrogen-bond donors (Lipinski definition) is 4. The third-order valence-corrected chi connectivity index (χ3v) is 3.41. The number of rotatable bonds is 8. The second-order valence-electron chi connectivity index (χ2n) is 3.19. The van der Waals surface area contributed by atoms with Crippen molar-refractivity contribution >= 4 is 67.8 Å². The second-order valence-corrected chi connectivity index (χ2v) is 5.47. The first kappa shape index (κ1) is 22.8. The highest BCUT2D eigenvalue weighted by atomic mass is 79.9. The quantitative estimate of drug-likeness (QED) is 0.280. The first-order chi connectivity index (χ1) is 7.13. The molecule has 0 aromatic heterocycles. The summed E-state index contributed by atoms with van der Waals surface area (Å²) < 4.78 is 0. The maximum Gasteiger partial charge on any atom is 0.151 e. The molecular weight excluding hydrogens is 388 g/mol. The Morgan fingerprint density at radius 3 is 1.29 bits per heavy atom. The van der Waals surface area contributed by atoms with Crippen LogP contribution in [0, 0.1) is 10.8 Å². The van der Waals surface area contributed by atoms with Crippen LogP contribution >= 0.6 is 57.5 Å². The van der Waals surface area contributed by atoms with E-state index in [0.717, 1.165) is 24.3 Å². The average Bonchev–Trinajstić information content (AvgIpc) is 2.14. The molecule has 0 aromatic carbocycles. The van der Waals surface area contributed by atoms with E-state index in [0.29, 0.717) is 0 Å². The molecule has 0 rings (SSSR count). The van der Waals surface area contributed by atoms with Crippen molar-refractivity contribution < 1.29 is 0 Å². The fraction of sp³-hybridized carbons (Fsp3) is 0.778. The molecule has 0 atom stereocenters. The number of thioether (sulfide) groups is 2. The highest BCUT2D eigenvalue weighted by molar-refractivity contribution is 8.93. The Kier molecular flexibility index (Phi) is 22.2. The molecule has 0 amide bonds. The van der Waals surface area contributed by atoms with Crippen LogP contribution in [0.2, 0.25) is 0 Å². The van der Waals surface area contributed by atoms with Gasteiger partial charge in [-0.05, 0) is 12.8 Å². The minimum atomic E-state index is 0. The van der Waals surface area contributed by atoms with Gasteiger partial charge in [0.25, 0.3) is 0 Å². The highest BCUT2D eigenvalue weighted by Crippen LogP contribution is 2.10. The van der Waals surface area contributed by atoms with Crippen LogP contribution in [-0.4, -0.2) is 21.8 Å². The van der Waals surface area contributed by atoms with Crippen molar-refractivity contribution in [2.24, 2.45) is 11.5 Å². The van der Waals surface area contributed by atoms with E-state index in [-0.39, 0.29) is 44.3 Å². The van der Waals surface area contributed by atoms with Gasteiger partial charge < -0.3 is 11.5 Å². The van der Waals surface area contributed by atoms with Gasteiger partial charge in [0.1, 0.15) is 0 Å². The van der Waals surface area contributed by atoms with Gasteiger partial charge in [0.15, 0.2) is 10.3 Å². The van der Waals surface area contributed by atoms with Crippen LogP contribution in [0.4, 0.5) is 0 Å². The van der Waals surface area contributed by atoms with Gasteiger partial charge in [-0.3, -0.25) is 10.8 Å². The third-order valence-electron chi connectivity index (χ3n) is 1.80. The Labute approximate surface area is 133 Å². The normalized spacial score (nSPS) is 8.94. The average molecular weight is 410 g/mol. The summed E-state index contributed by atoms with van der Waals surface area (Å²) in [6, 6.07) is 0. The predicted octanol–water partition coefficient (Wildman–Crippen LogP) is 3.35. The summed E-state index contributed by atoms with van der Waals surface area (Å²) >= 11 is 2.83. The number of unbranched alkanes of at least 4 members (excludes halogenated alkanes) is 4. The van der Waals surface area contributed by atoms with Gasteiger partial charge >= 0.3 is 0 Å². The second kappa shape index (κ2) is 16.6. The molecule has 0 saturated carbocycles. The van der Waals surface area contributed by atoms with E-state index in [1.165, 1.54) is 42.8 Å². The van der Waals surface area contributed by atoms with Crippen LogP contribution in [0.5, 0.6) is 0 Å². The standard InChI is InChI=1S/C9H20N4S2.2BrH/c10-8(11)14-6-4-2-1-3-5-7-15-9(12)13;;/h1-7H2,(H3,10,11)(H3,12,13);2*1H. The van der Waals surface area contributed by atoms with Crippen molar-refractivity contribution in [3.8, 4) is 0 Å². The van der Waals surface area contributed by atoms with Gasteiger partial charge in [0, 0.05) is 11.5 Å². The van der Waals surface area contributed by atoms with E-state index in [2.05, 4.69) is 0 Å². The lowest BCUT2D eigenvalue weighted by Crippen LogP contribution is -2.04. The van der Waals surface area contributed by atoms with Crippen LogP contribution in [-0.2, 0) is 0 Å². The lowest BCUT2D eigenvalue weighted by Gasteiger charge is -2.01. The van der Waals surface area contributed by atoms with Crippen LogP contribution < -0.4 is 11.5 Å². The number of nitrogens with two attached hydrogens (primary N) is 2. The molecule has 0 aliphatic carbocycles. The minimum absolute atomic E-state index is 0. The zero-order valence-corrected chi connectivity index (χ0v) is 14.8. The number of amidine groups is 2. The Morgan fingerprint density at radius 1 is 0.706 bits per heavy atom. The zero-order valence-electron chi connectivity index (χ0n) is 9.74. The van der Waals surface area contributed by atoms with Gasteiger partial charge in [-0.15, -0.1) is 34.0 Å². The Balaban J connectivity index is -0.000000980. The molecule has 0 aromatic rings. The van der Waals surface area contributed by atoms with Crippen LogP contribution in [0.15, 0.2) is 0 Å². The maximum absolute atomic E-state index is 7.01. The van der Waals surface area contributed by atoms with Crippen LogP contribution in [0.25, 0.3) is 0 Å². The highest BCUT2D eigenvalue weighted by Gasteiger charge is 1.94. The van der Waals surface area contributed by atoms with E-state index in [4.69, 9.17) is 22.3 Å². The Morgan fingerprint density at radius 2 is 1.00 bits per heavy atom. The van der Waals surface area contributed by atoms with E-state index >= 15 is 0 Å². The molecule has 0 heterocycles. The fourth-order valence-electron chi connectivity index (χ4n) is 1.10. The molecule has 4 nitrogen and oxygen atoms in total. The van der Waals surface area contributed by atoms with E-state index in [1.807, 2.05) is 0 Å². The molecule has 0 radical (unpaired) electrons. The molecule has 0 aliphatic heterocycles. The van der Waals surface area contributed by atoms with E-state index < -0.39 is 0 Å². The van der Waals surface area contributed by atoms with Crippen molar-refractivity contribution in [3.63, 3.8) is 0 Å². The van der Waals surface area contributed by atoms with Crippen molar-refractivity contribution in [3.05, 3.63) is 0 Å². The third kappa shape index (κ3) is 22.3. The van der Waals surface area contributed by atoms with Crippen LogP contribution in [0.3, 0.4) is 0 Å². The molecule has 104 valence electrons. The van der Waals surface area contributed by atoms with Crippen molar-refractivity contribution in [2.75, 3.05) is 11.5 Å². The van der Waals surface area contributed by atoms with Gasteiger partial charge in [-0.2, -0.15) is 0 Å². The summed E-state index contributed by atoms with van der Waals surface area (Å²) in [6.07, 6.45) is 5.88. The molecule has 0 bridgehead atoms. The van der Waals surface area contributed by atoms with Crippen molar-refractivity contribution in [1.82, 2.24) is 0 Å². The van der Waals surface area contributed by atoms with Gasteiger partial charge in [0.05, 0.1) is 0 Å². The van der Waals surface area contributed by atoms with Gasteiger partial charge in [-0.1, -0.05) is 42.8 Å². The predicted molar refractivity (Wildman–Crippen MR) is 92.5 cm³/mol. The molecule has 17 heavy (non-hydrogen) atoms. The van der Waals surface area contributed by atoms with E-state index in [9.17, 15) is 0 Å². The number of hydrogen-bond acceptors (Lipinski definition) is 4. The SMILES string of the molecule is Br.Br.N=C(N)SCCCCCCCSC(=N)N. The first-order valence-corrected chi connectivity index (χ1v) is 7.03. The lowest BCUT2D eigenvalue weighted by molar-refractivity contribution is 0.663. The smallest absolute Gasteiger partial charge is 0.151 e. The summed E-state index contributed by atoms with van der Waals surface area (Å²) in [5, 5.41) is 14.5. The summed E-state index contributed by atoms with van der Waals surface area (Å²) in [5.74, 6) is 1.91. The summed E-state index contributed by atoms with van der Waals surface area (Å²) in [5.41, 5.74) is 10.4. The van der Waals surface area contributed by atoms with Gasteiger partial charge in [0.2, 0.25) is 0 Å². The number of nitrogens with one attached hydrogen (secondary N) is 2. The molecule has 0 unspecified atom stereocenters. The zero-order chi connectivity index (χ0) is 11.5. The maximum atomic E-state index is 7.01. The molecular formula is C9H22Br2N4S2. The molecule has 0 fully saturated rings. The Hall–Kier alpha value is 0.600. The molecule has 0 spiro atoms. The van der Waals surface area contributed by atoms with Crippen molar-refractivity contribution in [2.45, 2.75) is 32.1 Å². The minimum Gasteiger partial charge on any atom is -0.379 e. The van der Waals surface area contributed by atoms with E-state index in [1.54, 1.807) is 0 Å². The summed E-state index contributed by atoms with van der Waals surface area (Å²) in [7, 11) is 0. The van der Waals surface area contributed by atoms with Gasteiger partial charge in [-0.25, -0.2) is 0 Å². The van der Waals surface area contributed by atoms with Crippen LogP contribution in [0.1, 0.15) is 32.1 Å². The molecule has 0 aliphatic rings. The van der Waals surface area contributed by atoms with Crippen molar-refractivity contribution in [1.29, 1.82) is 10.8 Å². The fourth-order valence-corrected chi connectivity index (χ4v) is 2.24. The summed E-state index contributed by atoms with van der Waals surface area (Å²) in [6.45, 7) is 0. The monoisotopic (exact) mass is 408 g/mol. The molecule has 0 saturated heterocycles. The summed E-state index contributed by atoms with van der Waals surface area (Å²) in [4.78, 5) is 0. The molecule has 8 heteroatoms. The number of halogens is 2. The molecule has 6 N–H and O–H groups in total. The first-order valence-electron chi connectivity index (χ1n) is 5.06. The topological polar surface area (TPSA) is 99.7 Å².